The van der Waals surface area contributed by atoms with E-state index in [2.05, 4.69) is 17.9 Å². The van der Waals surface area contributed by atoms with Crippen molar-refractivity contribution >= 4 is 31.0 Å². The molecule has 1 fully saturated rings. The van der Waals surface area contributed by atoms with Gasteiger partial charge in [0.05, 0.1) is 0 Å². The number of thiol groups is 1. The molecular formula is C5H10ClNO2S. The minimum Gasteiger partial charge on any atom is -0.479 e. The Morgan fingerprint density at radius 3 is 2.50 bits per heavy atom. The normalized spacial score (nSPS) is 31.3. The van der Waals surface area contributed by atoms with E-state index in [-0.39, 0.29) is 12.4 Å². The summed E-state index contributed by atoms with van der Waals surface area (Å²) in [6.45, 7) is 0.760. The molecule has 1 rings (SSSR count). The van der Waals surface area contributed by atoms with E-state index in [1.165, 1.54) is 0 Å². The molecule has 0 aromatic rings. The van der Waals surface area contributed by atoms with Gasteiger partial charge in [0.1, 0.15) is 0 Å². The maximum absolute atomic E-state index is 10.4. The topological polar surface area (TPSA) is 49.3 Å². The molecule has 5 heteroatoms. The number of carboxylic acid groups (broad SMARTS) is 1. The quantitative estimate of drug-likeness (QED) is 0.519. The number of hydrogen-bond donors (Lipinski definition) is 3. The monoisotopic (exact) mass is 183 g/mol. The van der Waals surface area contributed by atoms with Crippen LogP contribution < -0.4 is 5.32 Å². The second-order valence-electron chi connectivity index (χ2n) is 2.20. The Bertz CT molecular complexity index is 136. The van der Waals surface area contributed by atoms with Crippen LogP contribution in [0.1, 0.15) is 12.8 Å². The van der Waals surface area contributed by atoms with Crippen LogP contribution in [0.2, 0.25) is 0 Å². The van der Waals surface area contributed by atoms with E-state index in [9.17, 15) is 4.79 Å². The molecule has 1 aliphatic rings. The van der Waals surface area contributed by atoms with Crippen molar-refractivity contribution in [1.29, 1.82) is 0 Å². The van der Waals surface area contributed by atoms with Gasteiger partial charge in [-0.3, -0.25) is 5.32 Å². The average Bonchev–Trinajstić information content (AvgIpc) is 2.16. The number of nitrogens with one attached hydrogen (secondary N) is 1. The van der Waals surface area contributed by atoms with Crippen LogP contribution in [0.5, 0.6) is 0 Å². The summed E-state index contributed by atoms with van der Waals surface area (Å²) in [5, 5.41) is 11.3. The largest absolute Gasteiger partial charge is 0.479 e. The molecule has 0 spiro atoms. The summed E-state index contributed by atoms with van der Waals surface area (Å²) in [6.07, 6.45) is 1.52. The van der Waals surface area contributed by atoms with E-state index in [1.807, 2.05) is 0 Å². The van der Waals surface area contributed by atoms with Gasteiger partial charge >= 0.3 is 5.97 Å². The first kappa shape index (κ1) is 10.1. The Hall–Kier alpha value is 0.0700. The number of carbonyl (C=O) groups is 1. The zero-order valence-corrected chi connectivity index (χ0v) is 7.04. The van der Waals surface area contributed by atoms with Crippen LogP contribution in [0.3, 0.4) is 0 Å². The summed E-state index contributed by atoms with van der Waals surface area (Å²) >= 11 is 3.97. The molecule has 1 aliphatic heterocycles. The fourth-order valence-corrected chi connectivity index (χ4v) is 1.18. The van der Waals surface area contributed by atoms with Crippen molar-refractivity contribution in [3.05, 3.63) is 0 Å². The van der Waals surface area contributed by atoms with Gasteiger partial charge in [0.2, 0.25) is 0 Å². The summed E-state index contributed by atoms with van der Waals surface area (Å²) in [7, 11) is 0. The van der Waals surface area contributed by atoms with E-state index < -0.39 is 10.8 Å². The van der Waals surface area contributed by atoms with Gasteiger partial charge in [-0.15, -0.1) is 25.0 Å². The van der Waals surface area contributed by atoms with Crippen LogP contribution in [0.25, 0.3) is 0 Å². The molecule has 0 saturated carbocycles. The van der Waals surface area contributed by atoms with Gasteiger partial charge in [0.25, 0.3) is 0 Å². The highest BCUT2D eigenvalue weighted by molar-refractivity contribution is 7.82. The molecular weight excluding hydrogens is 174 g/mol. The molecule has 0 aromatic heterocycles. The minimum atomic E-state index is -0.944. The van der Waals surface area contributed by atoms with Gasteiger partial charge < -0.3 is 5.11 Å². The molecule has 1 atom stereocenters. The maximum atomic E-state index is 10.4. The number of rotatable bonds is 1. The van der Waals surface area contributed by atoms with Crippen LogP contribution in [-0.4, -0.2) is 22.5 Å². The molecule has 0 amide bonds. The van der Waals surface area contributed by atoms with Crippen LogP contribution in [0.4, 0.5) is 0 Å². The van der Waals surface area contributed by atoms with Gasteiger partial charge in [-0.2, -0.15) is 0 Å². The highest BCUT2D eigenvalue weighted by atomic mass is 35.5. The lowest BCUT2D eigenvalue weighted by Crippen LogP contribution is -2.41. The lowest BCUT2D eigenvalue weighted by atomic mass is 10.2. The molecule has 1 heterocycles. The second-order valence-corrected chi connectivity index (χ2v) is 2.96. The predicted molar refractivity (Wildman–Crippen MR) is 43.8 cm³/mol. The van der Waals surface area contributed by atoms with E-state index in [0.717, 1.165) is 13.0 Å². The Kier molecular flexibility index (Phi) is 3.48. The molecule has 0 bridgehead atoms. The first-order chi connectivity index (χ1) is 4.15. The number of carboxylic acids is 1. The first-order valence-electron chi connectivity index (χ1n) is 2.86. The van der Waals surface area contributed by atoms with Gasteiger partial charge in [-0.1, -0.05) is 0 Å². The fourth-order valence-electron chi connectivity index (χ4n) is 0.910. The Balaban J connectivity index is 0.000000810. The zero-order valence-electron chi connectivity index (χ0n) is 5.33. The van der Waals surface area contributed by atoms with Crippen LogP contribution >= 0.6 is 25.0 Å². The third-order valence-electron chi connectivity index (χ3n) is 1.49. The summed E-state index contributed by atoms with van der Waals surface area (Å²) in [5.74, 6) is -0.872. The Morgan fingerprint density at radius 1 is 1.70 bits per heavy atom. The van der Waals surface area contributed by atoms with Crippen molar-refractivity contribution in [2.45, 2.75) is 17.7 Å². The third-order valence-corrected chi connectivity index (χ3v) is 2.06. The molecule has 0 radical (unpaired) electrons. The van der Waals surface area contributed by atoms with Gasteiger partial charge in [0.15, 0.2) is 4.87 Å². The highest BCUT2D eigenvalue weighted by Gasteiger charge is 2.36. The molecule has 60 valence electrons. The van der Waals surface area contributed by atoms with Gasteiger partial charge in [-0.25, -0.2) is 4.79 Å². The van der Waals surface area contributed by atoms with Crippen molar-refractivity contribution in [1.82, 2.24) is 5.32 Å². The maximum Gasteiger partial charge on any atom is 0.334 e. The number of aliphatic carboxylic acids is 1. The lowest BCUT2D eigenvalue weighted by Gasteiger charge is -2.15. The molecule has 10 heavy (non-hydrogen) atoms. The van der Waals surface area contributed by atoms with E-state index in [0.29, 0.717) is 6.42 Å². The van der Waals surface area contributed by atoms with Crippen molar-refractivity contribution in [3.8, 4) is 0 Å². The molecule has 1 saturated heterocycles. The minimum absolute atomic E-state index is 0. The number of hydrogen-bond acceptors (Lipinski definition) is 3. The average molecular weight is 184 g/mol. The number of halogens is 1. The second kappa shape index (κ2) is 3.46. The van der Waals surface area contributed by atoms with Gasteiger partial charge in [-0.05, 0) is 19.4 Å². The lowest BCUT2D eigenvalue weighted by molar-refractivity contribution is -0.140. The smallest absolute Gasteiger partial charge is 0.334 e. The first-order valence-corrected chi connectivity index (χ1v) is 3.31. The van der Waals surface area contributed by atoms with Crippen molar-refractivity contribution in [2.75, 3.05) is 6.54 Å². The summed E-state index contributed by atoms with van der Waals surface area (Å²) in [5.41, 5.74) is 0. The van der Waals surface area contributed by atoms with Crippen LogP contribution in [0.15, 0.2) is 0 Å². The third kappa shape index (κ3) is 1.78. The molecule has 3 nitrogen and oxygen atoms in total. The van der Waals surface area contributed by atoms with Crippen molar-refractivity contribution in [2.24, 2.45) is 0 Å². The highest BCUT2D eigenvalue weighted by Crippen LogP contribution is 2.22. The van der Waals surface area contributed by atoms with Crippen LogP contribution in [0, 0.1) is 0 Å². The fraction of sp³-hybridized carbons (Fsp3) is 0.800. The summed E-state index contributed by atoms with van der Waals surface area (Å²) < 4.78 is 0. The Labute approximate surface area is 71.0 Å². The zero-order chi connectivity index (χ0) is 6.91. The Morgan fingerprint density at radius 2 is 2.30 bits per heavy atom. The standard InChI is InChI=1S/C5H9NO2S.ClH/c7-4(8)5(9)2-1-3-6-5;/h6,9H,1-3H2,(H,7,8);1H/t5-;/m0./s1. The van der Waals surface area contributed by atoms with Crippen molar-refractivity contribution in [3.63, 3.8) is 0 Å². The summed E-state index contributed by atoms with van der Waals surface area (Å²) in [4.78, 5) is 9.44. The summed E-state index contributed by atoms with van der Waals surface area (Å²) in [6, 6.07) is 0. The molecule has 2 N–H and O–H groups in total. The SMILES string of the molecule is Cl.O=C(O)[C@@]1(S)CCCN1. The van der Waals surface area contributed by atoms with Gasteiger partial charge in [0, 0.05) is 0 Å². The molecule has 0 unspecified atom stereocenters. The predicted octanol–water partition coefficient (Wildman–Crippen LogP) is 0.502. The molecule has 0 aromatic carbocycles. The van der Waals surface area contributed by atoms with E-state index in [1.54, 1.807) is 0 Å². The van der Waals surface area contributed by atoms with Crippen LogP contribution in [-0.2, 0) is 4.79 Å². The molecule has 0 aliphatic carbocycles. The van der Waals surface area contributed by atoms with E-state index >= 15 is 0 Å². The van der Waals surface area contributed by atoms with Crippen molar-refractivity contribution < 1.29 is 9.90 Å². The van der Waals surface area contributed by atoms with E-state index in [4.69, 9.17) is 5.11 Å².